The Hall–Kier alpha value is -0.970. The summed E-state index contributed by atoms with van der Waals surface area (Å²) in [5.41, 5.74) is 6.58. The van der Waals surface area contributed by atoms with Crippen LogP contribution in [0, 0.1) is 18.8 Å². The molecule has 2 heterocycles. The highest BCUT2D eigenvalue weighted by Gasteiger charge is 2.24. The second kappa shape index (κ2) is 9.99. The molecule has 148 valence electrons. The van der Waals surface area contributed by atoms with Crippen LogP contribution in [0.4, 0.5) is 0 Å². The number of nitrogens with two attached hydrogens (primary N) is 1. The molecular weight excluding hydrogens is 401 g/mol. The van der Waals surface area contributed by atoms with Crippen molar-refractivity contribution in [3.8, 4) is 11.8 Å². The number of aryl methyl sites for hydroxylation is 3. The third-order valence-electron chi connectivity index (χ3n) is 3.89. The van der Waals surface area contributed by atoms with Crippen molar-refractivity contribution in [2.45, 2.75) is 51.5 Å². The van der Waals surface area contributed by atoms with Crippen LogP contribution in [0.5, 0.6) is 0 Å². The van der Waals surface area contributed by atoms with Gasteiger partial charge in [-0.15, -0.1) is 22.7 Å². The van der Waals surface area contributed by atoms with E-state index >= 15 is 0 Å². The van der Waals surface area contributed by atoms with Gasteiger partial charge in [0, 0.05) is 21.7 Å². The lowest BCUT2D eigenvalue weighted by Crippen LogP contribution is -2.41. The molecule has 0 aliphatic carbocycles. The minimum Gasteiger partial charge on any atom is -0.323 e. The summed E-state index contributed by atoms with van der Waals surface area (Å²) in [5.74, 6) is 6.45. The van der Waals surface area contributed by atoms with Gasteiger partial charge in [0.1, 0.15) is 0 Å². The first-order valence-corrected chi connectivity index (χ1v) is 12.0. The SMILES string of the molecule is Cc1csc(CCCC#Cc2ccc(CCC(C)(N)COP(=O)(O)O)s2)c1. The van der Waals surface area contributed by atoms with Crippen molar-refractivity contribution in [3.63, 3.8) is 0 Å². The molecule has 0 aromatic carbocycles. The van der Waals surface area contributed by atoms with E-state index < -0.39 is 13.4 Å². The van der Waals surface area contributed by atoms with E-state index in [0.717, 1.165) is 35.4 Å². The van der Waals surface area contributed by atoms with Crippen LogP contribution in [-0.4, -0.2) is 21.9 Å². The van der Waals surface area contributed by atoms with Crippen molar-refractivity contribution in [2.24, 2.45) is 5.73 Å². The fraction of sp³-hybridized carbons (Fsp3) is 0.474. The van der Waals surface area contributed by atoms with E-state index in [9.17, 15) is 4.57 Å². The van der Waals surface area contributed by atoms with Gasteiger partial charge in [0.05, 0.1) is 11.5 Å². The molecule has 2 rings (SSSR count). The maximum atomic E-state index is 10.8. The summed E-state index contributed by atoms with van der Waals surface area (Å²) in [6.07, 6.45) is 4.32. The van der Waals surface area contributed by atoms with Crippen molar-refractivity contribution >= 4 is 30.5 Å². The fourth-order valence-corrected chi connectivity index (χ4v) is 4.68. The predicted octanol–water partition coefficient (Wildman–Crippen LogP) is 4.25. The summed E-state index contributed by atoms with van der Waals surface area (Å²) in [6.45, 7) is 3.66. The second-order valence-corrected chi connectivity index (χ2v) is 10.3. The number of phosphoric ester groups is 1. The molecule has 1 atom stereocenters. The molecular formula is C19H26NO4PS2. The Labute approximate surface area is 168 Å². The summed E-state index contributed by atoms with van der Waals surface area (Å²) in [4.78, 5) is 21.2. The van der Waals surface area contributed by atoms with Crippen LogP contribution >= 0.6 is 30.5 Å². The third kappa shape index (κ3) is 9.18. The Morgan fingerprint density at radius 1 is 1.30 bits per heavy atom. The monoisotopic (exact) mass is 427 g/mol. The van der Waals surface area contributed by atoms with Crippen LogP contribution in [0.3, 0.4) is 0 Å². The number of thiophene rings is 2. The van der Waals surface area contributed by atoms with Gasteiger partial charge in [0.25, 0.3) is 0 Å². The molecule has 4 N–H and O–H groups in total. The molecule has 27 heavy (non-hydrogen) atoms. The Balaban J connectivity index is 1.73. The highest BCUT2D eigenvalue weighted by atomic mass is 32.1. The molecule has 0 amide bonds. The predicted molar refractivity (Wildman–Crippen MR) is 112 cm³/mol. The average Bonchev–Trinajstić information content (AvgIpc) is 3.19. The zero-order valence-electron chi connectivity index (χ0n) is 15.6. The Kier molecular flexibility index (Phi) is 8.26. The lowest BCUT2D eigenvalue weighted by molar-refractivity contribution is 0.154. The number of rotatable bonds is 9. The van der Waals surface area contributed by atoms with Crippen molar-refractivity contribution in [2.75, 3.05) is 6.61 Å². The van der Waals surface area contributed by atoms with Crippen molar-refractivity contribution in [3.05, 3.63) is 43.8 Å². The smallest absolute Gasteiger partial charge is 0.323 e. The zero-order valence-corrected chi connectivity index (χ0v) is 18.1. The van der Waals surface area contributed by atoms with Gasteiger partial charge < -0.3 is 15.5 Å². The van der Waals surface area contributed by atoms with Crippen molar-refractivity contribution in [1.82, 2.24) is 0 Å². The van der Waals surface area contributed by atoms with Crippen LogP contribution < -0.4 is 5.73 Å². The molecule has 1 unspecified atom stereocenters. The highest BCUT2D eigenvalue weighted by Crippen LogP contribution is 2.37. The molecule has 0 fully saturated rings. The lowest BCUT2D eigenvalue weighted by Gasteiger charge is -2.24. The molecule has 0 aliphatic heterocycles. The lowest BCUT2D eigenvalue weighted by atomic mass is 9.98. The molecule has 8 heteroatoms. The summed E-state index contributed by atoms with van der Waals surface area (Å²) in [7, 11) is -4.49. The van der Waals surface area contributed by atoms with E-state index in [-0.39, 0.29) is 6.61 Å². The molecule has 0 saturated carbocycles. The van der Waals surface area contributed by atoms with E-state index in [2.05, 4.69) is 34.7 Å². The molecule has 5 nitrogen and oxygen atoms in total. The summed E-state index contributed by atoms with van der Waals surface area (Å²) < 4.78 is 15.3. The number of unbranched alkanes of at least 4 members (excludes halogenated alkanes) is 1. The molecule has 0 aliphatic rings. The zero-order chi connectivity index (χ0) is 19.9. The largest absolute Gasteiger partial charge is 0.469 e. The second-order valence-electron chi connectivity index (χ2n) is 6.93. The van der Waals surface area contributed by atoms with Crippen molar-refractivity contribution in [1.29, 1.82) is 0 Å². The van der Waals surface area contributed by atoms with Gasteiger partial charge in [-0.25, -0.2) is 4.57 Å². The van der Waals surface area contributed by atoms with E-state index in [1.165, 1.54) is 10.4 Å². The van der Waals surface area contributed by atoms with E-state index in [1.807, 2.05) is 23.5 Å². The van der Waals surface area contributed by atoms with Gasteiger partial charge >= 0.3 is 7.82 Å². The number of phosphoric acid groups is 1. The summed E-state index contributed by atoms with van der Waals surface area (Å²) in [6, 6.07) is 6.28. The van der Waals surface area contributed by atoms with Gasteiger partial charge in [0.15, 0.2) is 0 Å². The van der Waals surface area contributed by atoms with Crippen LogP contribution in [-0.2, 0) is 21.9 Å². The maximum Gasteiger partial charge on any atom is 0.469 e. The standard InChI is InChI=1S/C19H26NO4PS2/c1-15-12-18(26-13-15)7-5-3-4-6-16-8-9-17(27-16)10-11-19(2,20)14-24-25(21,22)23/h8-9,12-13H,3,5,7,10-11,14,20H2,1-2H3,(H2,21,22,23). The molecule has 0 radical (unpaired) electrons. The first kappa shape index (κ1) is 22.3. The normalized spacial score (nSPS) is 13.8. The first-order chi connectivity index (χ1) is 12.6. The fourth-order valence-electron chi connectivity index (χ4n) is 2.41. The van der Waals surface area contributed by atoms with E-state index in [4.69, 9.17) is 15.5 Å². The van der Waals surface area contributed by atoms with Crippen LogP contribution in [0.25, 0.3) is 0 Å². The van der Waals surface area contributed by atoms with Crippen LogP contribution in [0.1, 0.15) is 46.4 Å². The molecule has 0 spiro atoms. The maximum absolute atomic E-state index is 10.8. The van der Waals surface area contributed by atoms with Crippen LogP contribution in [0.15, 0.2) is 23.6 Å². The molecule has 2 aromatic heterocycles. The summed E-state index contributed by atoms with van der Waals surface area (Å²) in [5, 5.41) is 2.18. The number of hydrogen-bond donors (Lipinski definition) is 3. The Bertz CT molecular complexity index is 841. The van der Waals surface area contributed by atoms with Gasteiger partial charge in [-0.05, 0) is 68.7 Å². The topological polar surface area (TPSA) is 92.8 Å². The van der Waals surface area contributed by atoms with Crippen LogP contribution in [0.2, 0.25) is 0 Å². The van der Waals surface area contributed by atoms with Crippen molar-refractivity contribution < 1.29 is 18.9 Å². The third-order valence-corrected chi connectivity index (χ3v) is 6.53. The minimum atomic E-state index is -4.49. The van der Waals surface area contributed by atoms with Gasteiger partial charge in [0.2, 0.25) is 0 Å². The van der Waals surface area contributed by atoms with Gasteiger partial charge in [-0.3, -0.25) is 4.52 Å². The van der Waals surface area contributed by atoms with Gasteiger partial charge in [-0.1, -0.05) is 11.8 Å². The average molecular weight is 428 g/mol. The number of hydrogen-bond acceptors (Lipinski definition) is 5. The first-order valence-electron chi connectivity index (χ1n) is 8.74. The molecule has 0 saturated heterocycles. The Morgan fingerprint density at radius 3 is 2.74 bits per heavy atom. The minimum absolute atomic E-state index is 0.181. The highest BCUT2D eigenvalue weighted by molar-refractivity contribution is 7.46. The Morgan fingerprint density at radius 2 is 2.07 bits per heavy atom. The quantitative estimate of drug-likeness (QED) is 0.316. The summed E-state index contributed by atoms with van der Waals surface area (Å²) >= 11 is 3.44. The molecule has 2 aromatic rings. The molecule has 0 bridgehead atoms. The van der Waals surface area contributed by atoms with Gasteiger partial charge in [-0.2, -0.15) is 0 Å². The van der Waals surface area contributed by atoms with E-state index in [1.54, 1.807) is 18.3 Å². The van der Waals surface area contributed by atoms with E-state index in [0.29, 0.717) is 6.42 Å².